The zero-order valence-corrected chi connectivity index (χ0v) is 11.3. The molecule has 0 spiro atoms. The van der Waals surface area contributed by atoms with E-state index < -0.39 is 4.92 Å². The summed E-state index contributed by atoms with van der Waals surface area (Å²) in [5.74, 6) is 0. The van der Waals surface area contributed by atoms with Crippen LogP contribution in [-0.2, 0) is 4.74 Å². The fraction of sp³-hybridized carbons (Fsp3) is 0.500. The van der Waals surface area contributed by atoms with E-state index in [1.165, 1.54) is 12.1 Å². The molecule has 0 aliphatic carbocycles. The maximum absolute atomic E-state index is 10.6. The van der Waals surface area contributed by atoms with Crippen molar-refractivity contribution in [2.24, 2.45) is 0 Å². The van der Waals surface area contributed by atoms with E-state index >= 15 is 0 Å². The number of nitrogens with zero attached hydrogens (tertiary/aromatic N) is 2. The third-order valence-electron chi connectivity index (χ3n) is 2.49. The highest BCUT2D eigenvalue weighted by Gasteiger charge is 2.07. The maximum Gasteiger partial charge on any atom is 0.271 e. The number of likely N-dealkylation sites (N-methyl/N-ethyl adjacent to an activating group) is 1. The fourth-order valence-electron chi connectivity index (χ4n) is 1.43. The summed E-state index contributed by atoms with van der Waals surface area (Å²) in [5, 5.41) is 13.6. The molecule has 1 rings (SSSR count). The first-order valence-corrected chi connectivity index (χ1v) is 6.01. The van der Waals surface area contributed by atoms with Crippen molar-refractivity contribution in [3.8, 4) is 0 Å². The van der Waals surface area contributed by atoms with Crippen molar-refractivity contribution in [1.82, 2.24) is 4.90 Å². The highest BCUT2D eigenvalue weighted by molar-refractivity contribution is 5.69. The lowest BCUT2D eigenvalue weighted by Crippen LogP contribution is -2.20. The van der Waals surface area contributed by atoms with Gasteiger partial charge in [-0.2, -0.15) is 0 Å². The molecule has 0 atom stereocenters. The first-order valence-electron chi connectivity index (χ1n) is 6.01. The van der Waals surface area contributed by atoms with Crippen LogP contribution in [0.3, 0.4) is 0 Å². The lowest BCUT2D eigenvalue weighted by molar-refractivity contribution is -0.384. The number of benzene rings is 1. The SMILES string of the molecule is CN(C)CCOCCNc1ccc([N+](=O)[O-])cc1N. The number of hydrogen-bond acceptors (Lipinski definition) is 6. The largest absolute Gasteiger partial charge is 0.397 e. The number of rotatable bonds is 8. The molecule has 19 heavy (non-hydrogen) atoms. The van der Waals surface area contributed by atoms with Crippen LogP contribution >= 0.6 is 0 Å². The Hall–Kier alpha value is -1.86. The minimum Gasteiger partial charge on any atom is -0.397 e. The lowest BCUT2D eigenvalue weighted by atomic mass is 10.2. The highest BCUT2D eigenvalue weighted by atomic mass is 16.6. The summed E-state index contributed by atoms with van der Waals surface area (Å²) < 4.78 is 5.41. The zero-order valence-electron chi connectivity index (χ0n) is 11.3. The number of anilines is 2. The average molecular weight is 268 g/mol. The van der Waals surface area contributed by atoms with Crippen molar-refractivity contribution in [2.75, 3.05) is 51.4 Å². The monoisotopic (exact) mass is 268 g/mol. The molecular weight excluding hydrogens is 248 g/mol. The first-order chi connectivity index (χ1) is 9.00. The molecule has 0 aromatic heterocycles. The molecule has 0 aliphatic rings. The van der Waals surface area contributed by atoms with E-state index in [0.29, 0.717) is 31.1 Å². The number of nitrogens with two attached hydrogens (primary N) is 1. The van der Waals surface area contributed by atoms with Gasteiger partial charge in [-0.1, -0.05) is 0 Å². The molecule has 0 radical (unpaired) electrons. The van der Waals surface area contributed by atoms with Crippen LogP contribution in [0.25, 0.3) is 0 Å². The summed E-state index contributed by atoms with van der Waals surface area (Å²) in [6.45, 7) is 2.71. The maximum atomic E-state index is 10.6. The average Bonchev–Trinajstić information content (AvgIpc) is 2.34. The molecule has 0 bridgehead atoms. The van der Waals surface area contributed by atoms with Crippen molar-refractivity contribution in [1.29, 1.82) is 0 Å². The van der Waals surface area contributed by atoms with E-state index in [4.69, 9.17) is 10.5 Å². The Morgan fingerprint density at radius 2 is 2.16 bits per heavy atom. The summed E-state index contributed by atoms with van der Waals surface area (Å²) in [6, 6.07) is 4.37. The van der Waals surface area contributed by atoms with Crippen LogP contribution in [0.15, 0.2) is 18.2 Å². The summed E-state index contributed by atoms with van der Waals surface area (Å²) in [7, 11) is 3.97. The molecule has 0 saturated carbocycles. The molecule has 0 heterocycles. The number of nitro benzene ring substituents is 1. The second-order valence-corrected chi connectivity index (χ2v) is 4.37. The van der Waals surface area contributed by atoms with Gasteiger partial charge in [-0.15, -0.1) is 0 Å². The van der Waals surface area contributed by atoms with Crippen molar-refractivity contribution < 1.29 is 9.66 Å². The summed E-state index contributed by atoms with van der Waals surface area (Å²) in [5.41, 5.74) is 6.76. The molecule has 1 aromatic rings. The van der Waals surface area contributed by atoms with Crippen LogP contribution in [0.4, 0.5) is 17.1 Å². The van der Waals surface area contributed by atoms with Crippen molar-refractivity contribution in [2.45, 2.75) is 0 Å². The second-order valence-electron chi connectivity index (χ2n) is 4.37. The quantitative estimate of drug-likeness (QED) is 0.318. The Balaban J connectivity index is 2.32. The summed E-state index contributed by atoms with van der Waals surface area (Å²) in [4.78, 5) is 12.1. The molecule has 0 aliphatic heterocycles. The van der Waals surface area contributed by atoms with E-state index in [9.17, 15) is 10.1 Å². The normalized spacial score (nSPS) is 10.7. The van der Waals surface area contributed by atoms with Crippen LogP contribution in [0.5, 0.6) is 0 Å². The molecule has 1 aromatic carbocycles. The third-order valence-corrected chi connectivity index (χ3v) is 2.49. The number of ether oxygens (including phenoxy) is 1. The predicted octanol–water partition coefficient (Wildman–Crippen LogP) is 1.17. The van der Waals surface area contributed by atoms with Gasteiger partial charge in [0.05, 0.1) is 29.5 Å². The Morgan fingerprint density at radius 1 is 1.42 bits per heavy atom. The number of non-ortho nitro benzene ring substituents is 1. The Labute approximate surface area is 112 Å². The van der Waals surface area contributed by atoms with Crippen LogP contribution in [-0.4, -0.2) is 50.2 Å². The van der Waals surface area contributed by atoms with Crippen LogP contribution in [0.2, 0.25) is 0 Å². The van der Waals surface area contributed by atoms with Gasteiger partial charge >= 0.3 is 0 Å². The smallest absolute Gasteiger partial charge is 0.271 e. The number of hydrogen-bond donors (Lipinski definition) is 2. The number of nitrogens with one attached hydrogen (secondary N) is 1. The zero-order chi connectivity index (χ0) is 14.3. The molecule has 0 fully saturated rings. The Bertz CT molecular complexity index is 423. The highest BCUT2D eigenvalue weighted by Crippen LogP contribution is 2.23. The van der Waals surface area contributed by atoms with Gasteiger partial charge in [0.25, 0.3) is 5.69 Å². The standard InChI is InChI=1S/C12H20N4O3/c1-15(2)6-8-19-7-5-14-12-4-3-10(16(17)18)9-11(12)13/h3-4,9,14H,5-8,13H2,1-2H3. The van der Waals surface area contributed by atoms with E-state index in [1.54, 1.807) is 6.07 Å². The second kappa shape index (κ2) is 7.55. The molecule has 106 valence electrons. The van der Waals surface area contributed by atoms with Gasteiger partial charge in [0.1, 0.15) is 0 Å². The number of nitrogen functional groups attached to an aromatic ring is 1. The van der Waals surface area contributed by atoms with Crippen LogP contribution < -0.4 is 11.1 Å². The molecule has 0 amide bonds. The van der Waals surface area contributed by atoms with Gasteiger partial charge in [-0.25, -0.2) is 0 Å². The van der Waals surface area contributed by atoms with Gasteiger partial charge in [-0.3, -0.25) is 10.1 Å². The number of nitro groups is 1. The minimum atomic E-state index is -0.468. The lowest BCUT2D eigenvalue weighted by Gasteiger charge is -2.11. The van der Waals surface area contributed by atoms with Gasteiger partial charge < -0.3 is 20.7 Å². The molecule has 0 saturated heterocycles. The van der Waals surface area contributed by atoms with E-state index in [-0.39, 0.29) is 5.69 Å². The van der Waals surface area contributed by atoms with E-state index in [0.717, 1.165) is 6.54 Å². The molecular formula is C12H20N4O3. The van der Waals surface area contributed by atoms with Crippen LogP contribution in [0, 0.1) is 10.1 Å². The molecule has 3 N–H and O–H groups in total. The summed E-state index contributed by atoms with van der Waals surface area (Å²) in [6.07, 6.45) is 0. The van der Waals surface area contributed by atoms with Gasteiger partial charge in [-0.05, 0) is 20.2 Å². The van der Waals surface area contributed by atoms with Gasteiger partial charge in [0.2, 0.25) is 0 Å². The van der Waals surface area contributed by atoms with Crippen molar-refractivity contribution in [3.05, 3.63) is 28.3 Å². The van der Waals surface area contributed by atoms with E-state index in [2.05, 4.69) is 5.32 Å². The third kappa shape index (κ3) is 5.54. The van der Waals surface area contributed by atoms with Gasteiger partial charge in [0, 0.05) is 25.2 Å². The van der Waals surface area contributed by atoms with Gasteiger partial charge in [0.15, 0.2) is 0 Å². The fourth-order valence-corrected chi connectivity index (χ4v) is 1.43. The summed E-state index contributed by atoms with van der Waals surface area (Å²) >= 11 is 0. The molecule has 7 nitrogen and oxygen atoms in total. The van der Waals surface area contributed by atoms with Crippen molar-refractivity contribution in [3.63, 3.8) is 0 Å². The molecule has 7 heteroatoms. The van der Waals surface area contributed by atoms with Crippen LogP contribution in [0.1, 0.15) is 0 Å². The minimum absolute atomic E-state index is 0.00900. The van der Waals surface area contributed by atoms with E-state index in [1.807, 2.05) is 19.0 Å². The first kappa shape index (κ1) is 15.2. The Kier molecular flexibility index (Phi) is 6.04. The Morgan fingerprint density at radius 3 is 2.74 bits per heavy atom. The van der Waals surface area contributed by atoms with Crippen molar-refractivity contribution >= 4 is 17.1 Å². The molecule has 0 unspecified atom stereocenters. The predicted molar refractivity (Wildman–Crippen MR) is 75.4 cm³/mol. The topological polar surface area (TPSA) is 93.7 Å².